The normalized spacial score (nSPS) is 10.5. The summed E-state index contributed by atoms with van der Waals surface area (Å²) < 4.78 is 14.8. The van der Waals surface area contributed by atoms with Crippen LogP contribution in [0.4, 0.5) is 4.39 Å². The predicted molar refractivity (Wildman–Crippen MR) is 66.7 cm³/mol. The maximum Gasteiger partial charge on any atom is 0.488 e. The van der Waals surface area contributed by atoms with E-state index in [1.807, 2.05) is 0 Å². The smallest absolute Gasteiger partial charge is 0.423 e. The van der Waals surface area contributed by atoms with Crippen LogP contribution in [0.2, 0.25) is 0 Å². The lowest BCUT2D eigenvalue weighted by Crippen LogP contribution is -2.31. The van der Waals surface area contributed by atoms with Crippen molar-refractivity contribution in [3.8, 4) is 0 Å². The van der Waals surface area contributed by atoms with E-state index in [9.17, 15) is 14.0 Å². The molecule has 0 bridgehead atoms. The third kappa shape index (κ3) is 2.98. The van der Waals surface area contributed by atoms with Gasteiger partial charge in [-0.1, -0.05) is 12.1 Å². The highest BCUT2D eigenvalue weighted by atomic mass is 19.1. The average Bonchev–Trinajstić information content (AvgIpc) is 2.34. The summed E-state index contributed by atoms with van der Waals surface area (Å²) in [7, 11) is -1.75. The molecule has 0 spiro atoms. The second-order valence-electron chi connectivity index (χ2n) is 3.96. The van der Waals surface area contributed by atoms with E-state index in [0.29, 0.717) is 0 Å². The molecule has 2 rings (SSSR count). The molecule has 19 heavy (non-hydrogen) atoms. The van der Waals surface area contributed by atoms with Crippen molar-refractivity contribution in [2.75, 3.05) is 0 Å². The van der Waals surface area contributed by atoms with Gasteiger partial charge in [0.2, 0.25) is 0 Å². The molecule has 2 aromatic rings. The Kier molecular flexibility index (Phi) is 3.63. The number of hydrogen-bond acceptors (Lipinski definition) is 4. The van der Waals surface area contributed by atoms with Gasteiger partial charge in [0.05, 0.1) is 6.54 Å². The Labute approximate surface area is 106 Å². The van der Waals surface area contributed by atoms with Crippen molar-refractivity contribution in [2.24, 2.45) is 0 Å². The summed E-state index contributed by atoms with van der Waals surface area (Å²) >= 11 is 0. The van der Waals surface area contributed by atoms with E-state index in [0.717, 1.165) is 16.7 Å². The second kappa shape index (κ2) is 5.21. The molecule has 3 N–H and O–H groups in total. The van der Waals surface area contributed by atoms with Crippen LogP contribution in [0.3, 0.4) is 0 Å². The highest BCUT2D eigenvalue weighted by Crippen LogP contribution is 2.06. The topological polar surface area (TPSA) is 95.3 Å². The number of hydrogen-bond donors (Lipinski definition) is 3. The summed E-state index contributed by atoms with van der Waals surface area (Å²) in [6, 6.07) is 4.84. The number of H-pyrrole nitrogens is 1. The van der Waals surface area contributed by atoms with E-state index in [1.54, 1.807) is 0 Å². The van der Waals surface area contributed by atoms with Crippen LogP contribution in [0.15, 0.2) is 40.1 Å². The third-order valence-electron chi connectivity index (χ3n) is 2.61. The third-order valence-corrected chi connectivity index (χ3v) is 2.61. The fourth-order valence-corrected chi connectivity index (χ4v) is 1.60. The van der Waals surface area contributed by atoms with Gasteiger partial charge in [0.1, 0.15) is 5.82 Å². The second-order valence-corrected chi connectivity index (χ2v) is 3.96. The molecule has 0 aliphatic heterocycles. The lowest BCUT2D eigenvalue weighted by atomic mass is 9.80. The zero-order valence-corrected chi connectivity index (χ0v) is 9.71. The van der Waals surface area contributed by atoms with Crippen LogP contribution in [0.5, 0.6) is 0 Å². The van der Waals surface area contributed by atoms with Crippen LogP contribution in [0, 0.1) is 5.82 Å². The van der Waals surface area contributed by atoms with Crippen molar-refractivity contribution in [3.05, 3.63) is 62.7 Å². The van der Waals surface area contributed by atoms with E-state index in [1.165, 1.54) is 18.3 Å². The minimum atomic E-state index is -1.75. The fourth-order valence-electron chi connectivity index (χ4n) is 1.60. The van der Waals surface area contributed by atoms with Crippen molar-refractivity contribution in [1.82, 2.24) is 9.55 Å². The number of nitrogens with zero attached hydrogens (tertiary/aromatic N) is 1. The van der Waals surface area contributed by atoms with Gasteiger partial charge in [0.15, 0.2) is 0 Å². The maximum atomic E-state index is 13.7. The number of aromatic amines is 1. The van der Waals surface area contributed by atoms with E-state index < -0.39 is 24.2 Å². The summed E-state index contributed by atoms with van der Waals surface area (Å²) in [6.45, 7) is -0.0662. The molecule has 0 amide bonds. The quantitative estimate of drug-likeness (QED) is 0.582. The largest absolute Gasteiger partial charge is 0.488 e. The Balaban J connectivity index is 2.33. The molecule has 0 fully saturated rings. The van der Waals surface area contributed by atoms with Gasteiger partial charge in [-0.05, 0) is 11.5 Å². The first-order valence-electron chi connectivity index (χ1n) is 5.41. The summed E-state index contributed by atoms with van der Waals surface area (Å²) in [5, 5.41) is 17.8. The Morgan fingerprint density at radius 2 is 2.00 bits per heavy atom. The molecule has 0 atom stereocenters. The van der Waals surface area contributed by atoms with Crippen LogP contribution in [0.1, 0.15) is 5.56 Å². The Morgan fingerprint density at radius 3 is 2.58 bits per heavy atom. The van der Waals surface area contributed by atoms with Crippen molar-refractivity contribution in [2.45, 2.75) is 6.54 Å². The first-order valence-corrected chi connectivity index (χ1v) is 5.41. The van der Waals surface area contributed by atoms with Gasteiger partial charge in [-0.15, -0.1) is 0 Å². The fraction of sp³-hybridized carbons (Fsp3) is 0.0909. The van der Waals surface area contributed by atoms with Gasteiger partial charge < -0.3 is 10.0 Å². The first-order chi connectivity index (χ1) is 8.97. The van der Waals surface area contributed by atoms with Crippen LogP contribution in [-0.2, 0) is 6.54 Å². The molecule has 0 saturated heterocycles. The van der Waals surface area contributed by atoms with Crippen LogP contribution in [0.25, 0.3) is 0 Å². The molecule has 0 unspecified atom stereocenters. The Hall–Kier alpha value is -2.19. The van der Waals surface area contributed by atoms with Gasteiger partial charge in [-0.3, -0.25) is 14.3 Å². The van der Waals surface area contributed by atoms with Crippen molar-refractivity contribution >= 4 is 12.6 Å². The van der Waals surface area contributed by atoms with Crippen LogP contribution < -0.4 is 16.7 Å². The standard InChI is InChI=1S/C11H10BFN2O4/c13-9-5-8(12(18)19)2-1-7(9)6-15-4-3-10(16)14-11(15)17/h1-5,18-19H,6H2,(H,14,16,17). The van der Waals surface area contributed by atoms with E-state index in [4.69, 9.17) is 10.0 Å². The van der Waals surface area contributed by atoms with Crippen LogP contribution >= 0.6 is 0 Å². The number of aromatic nitrogens is 2. The summed E-state index contributed by atoms with van der Waals surface area (Å²) in [6.07, 6.45) is 1.26. The first kappa shape index (κ1) is 13.3. The Morgan fingerprint density at radius 1 is 1.26 bits per heavy atom. The number of halogens is 1. The Bertz CT molecular complexity index is 710. The molecule has 0 aliphatic rings. The van der Waals surface area contributed by atoms with Gasteiger partial charge in [-0.25, -0.2) is 9.18 Å². The molecule has 6 nitrogen and oxygen atoms in total. The highest BCUT2D eigenvalue weighted by Gasteiger charge is 2.13. The van der Waals surface area contributed by atoms with Crippen molar-refractivity contribution in [3.63, 3.8) is 0 Å². The lowest BCUT2D eigenvalue weighted by molar-refractivity contribution is 0.425. The molecular formula is C11H10BFN2O4. The monoisotopic (exact) mass is 264 g/mol. The highest BCUT2D eigenvalue weighted by molar-refractivity contribution is 6.58. The lowest BCUT2D eigenvalue weighted by Gasteiger charge is -2.07. The zero-order chi connectivity index (χ0) is 14.0. The molecule has 1 aromatic carbocycles. The number of benzene rings is 1. The predicted octanol–water partition coefficient (Wildman–Crippen LogP) is -1.60. The summed E-state index contributed by atoms with van der Waals surface area (Å²) in [4.78, 5) is 24.4. The van der Waals surface area contributed by atoms with E-state index in [-0.39, 0.29) is 17.6 Å². The van der Waals surface area contributed by atoms with Crippen molar-refractivity contribution < 1.29 is 14.4 Å². The molecule has 0 aliphatic carbocycles. The molecule has 8 heteroatoms. The molecule has 98 valence electrons. The van der Waals surface area contributed by atoms with E-state index >= 15 is 0 Å². The summed E-state index contributed by atoms with van der Waals surface area (Å²) in [5.74, 6) is -0.663. The molecule has 0 saturated carbocycles. The molecule has 1 aromatic heterocycles. The minimum Gasteiger partial charge on any atom is -0.423 e. The van der Waals surface area contributed by atoms with E-state index in [2.05, 4.69) is 4.98 Å². The average molecular weight is 264 g/mol. The zero-order valence-electron chi connectivity index (χ0n) is 9.71. The van der Waals surface area contributed by atoms with Gasteiger partial charge in [-0.2, -0.15) is 0 Å². The van der Waals surface area contributed by atoms with Gasteiger partial charge in [0.25, 0.3) is 5.56 Å². The van der Waals surface area contributed by atoms with Gasteiger partial charge in [0, 0.05) is 17.8 Å². The number of nitrogens with one attached hydrogen (secondary N) is 1. The van der Waals surface area contributed by atoms with Crippen molar-refractivity contribution in [1.29, 1.82) is 0 Å². The number of rotatable bonds is 3. The minimum absolute atomic E-state index is 0.0232. The molecule has 0 radical (unpaired) electrons. The van der Waals surface area contributed by atoms with Gasteiger partial charge >= 0.3 is 12.8 Å². The SMILES string of the molecule is O=c1ccn(Cc2ccc(B(O)O)cc2F)c(=O)[nH]1. The molecular weight excluding hydrogens is 254 g/mol. The maximum absolute atomic E-state index is 13.7. The van der Waals surface area contributed by atoms with Crippen LogP contribution in [-0.4, -0.2) is 26.7 Å². The summed E-state index contributed by atoms with van der Waals surface area (Å²) in [5.41, 5.74) is -0.952. The molecule has 1 heterocycles.